The van der Waals surface area contributed by atoms with Crippen molar-refractivity contribution >= 4 is 11.9 Å². The Labute approximate surface area is 116 Å². The van der Waals surface area contributed by atoms with Crippen molar-refractivity contribution in [1.29, 1.82) is 0 Å². The zero-order valence-corrected chi connectivity index (χ0v) is 11.5. The van der Waals surface area contributed by atoms with Gasteiger partial charge in [0.2, 0.25) is 11.9 Å². The van der Waals surface area contributed by atoms with Gasteiger partial charge < -0.3 is 14.4 Å². The van der Waals surface area contributed by atoms with Gasteiger partial charge in [0.1, 0.15) is 11.5 Å². The molecule has 0 saturated carbocycles. The lowest BCUT2D eigenvalue weighted by atomic mass is 10.3. The number of methoxy groups -OCH3 is 1. The predicted octanol–water partition coefficient (Wildman–Crippen LogP) is 1.02. The van der Waals surface area contributed by atoms with E-state index >= 15 is 0 Å². The van der Waals surface area contributed by atoms with E-state index in [0.717, 1.165) is 5.75 Å². The molecule has 0 saturated heterocycles. The van der Waals surface area contributed by atoms with Crippen LogP contribution in [-0.4, -0.2) is 36.2 Å². The average molecular weight is 276 g/mol. The molecule has 1 aromatic carbocycles. The van der Waals surface area contributed by atoms with Gasteiger partial charge in [-0.05, 0) is 24.3 Å². The van der Waals surface area contributed by atoms with Gasteiger partial charge in [-0.15, -0.1) is 0 Å². The Hall–Kier alpha value is -2.61. The van der Waals surface area contributed by atoms with E-state index in [1.54, 1.807) is 36.3 Å². The Bertz CT molecular complexity index is 573. The Morgan fingerprint density at radius 1 is 1.05 bits per heavy atom. The molecule has 0 aliphatic carbocycles. The molecule has 0 unspecified atom stereocenters. The third kappa shape index (κ3) is 3.23. The maximum absolute atomic E-state index is 5.57. The third-order valence-electron chi connectivity index (χ3n) is 2.40. The van der Waals surface area contributed by atoms with Crippen molar-refractivity contribution in [1.82, 2.24) is 15.0 Å². The van der Waals surface area contributed by atoms with Crippen molar-refractivity contribution in [2.45, 2.75) is 0 Å². The van der Waals surface area contributed by atoms with Crippen LogP contribution in [0.3, 0.4) is 0 Å². The Morgan fingerprint density at radius 3 is 2.25 bits per heavy atom. The van der Waals surface area contributed by atoms with Crippen molar-refractivity contribution in [3.63, 3.8) is 0 Å². The summed E-state index contributed by atoms with van der Waals surface area (Å²) in [6, 6.07) is 7.24. The van der Waals surface area contributed by atoms with E-state index < -0.39 is 0 Å². The SMILES string of the molecule is COc1ccc(Oc2nc(NN)nc(N(C)C)n2)cc1. The van der Waals surface area contributed by atoms with Crippen molar-refractivity contribution in [2.75, 3.05) is 31.5 Å². The second-order valence-electron chi connectivity index (χ2n) is 4.06. The summed E-state index contributed by atoms with van der Waals surface area (Å²) in [6.45, 7) is 0. The van der Waals surface area contributed by atoms with E-state index in [2.05, 4.69) is 20.4 Å². The minimum absolute atomic E-state index is 0.154. The van der Waals surface area contributed by atoms with Crippen LogP contribution in [0.25, 0.3) is 0 Å². The molecule has 0 amide bonds. The van der Waals surface area contributed by atoms with Gasteiger partial charge >= 0.3 is 6.01 Å². The number of ether oxygens (including phenoxy) is 2. The van der Waals surface area contributed by atoms with Crippen molar-refractivity contribution in [3.05, 3.63) is 24.3 Å². The summed E-state index contributed by atoms with van der Waals surface area (Å²) >= 11 is 0. The highest BCUT2D eigenvalue weighted by molar-refractivity contribution is 5.38. The quantitative estimate of drug-likeness (QED) is 0.617. The van der Waals surface area contributed by atoms with Crippen LogP contribution in [0.4, 0.5) is 11.9 Å². The standard InChI is InChI=1S/C12H16N6O2/c1-18(2)11-14-10(17-13)15-12(16-11)20-9-6-4-8(19-3)5-7-9/h4-7H,13H2,1-3H3,(H,14,15,16,17). The monoisotopic (exact) mass is 276 g/mol. The van der Waals surface area contributed by atoms with E-state index in [9.17, 15) is 0 Å². The van der Waals surface area contributed by atoms with Crippen LogP contribution in [-0.2, 0) is 0 Å². The van der Waals surface area contributed by atoms with Gasteiger partial charge in [0, 0.05) is 14.1 Å². The van der Waals surface area contributed by atoms with Gasteiger partial charge in [-0.25, -0.2) is 5.84 Å². The molecule has 0 aliphatic heterocycles. The Kier molecular flexibility index (Phi) is 4.16. The number of nitrogen functional groups attached to an aromatic ring is 1. The molecule has 20 heavy (non-hydrogen) atoms. The van der Waals surface area contributed by atoms with Crippen LogP contribution in [0.2, 0.25) is 0 Å². The fourth-order valence-corrected chi connectivity index (χ4v) is 1.41. The summed E-state index contributed by atoms with van der Waals surface area (Å²) in [7, 11) is 5.23. The summed E-state index contributed by atoms with van der Waals surface area (Å²) in [5.41, 5.74) is 2.38. The van der Waals surface area contributed by atoms with Crippen LogP contribution in [0.15, 0.2) is 24.3 Å². The molecule has 3 N–H and O–H groups in total. The number of anilines is 2. The van der Waals surface area contributed by atoms with Gasteiger partial charge in [-0.3, -0.25) is 5.43 Å². The van der Waals surface area contributed by atoms with Crippen LogP contribution in [0.1, 0.15) is 0 Å². The van der Waals surface area contributed by atoms with Gasteiger partial charge in [-0.1, -0.05) is 0 Å². The van der Waals surface area contributed by atoms with Crippen molar-refractivity contribution in [2.24, 2.45) is 5.84 Å². The van der Waals surface area contributed by atoms with Gasteiger partial charge in [0.15, 0.2) is 0 Å². The molecule has 8 heteroatoms. The van der Waals surface area contributed by atoms with Crippen LogP contribution in [0, 0.1) is 0 Å². The van der Waals surface area contributed by atoms with Crippen molar-refractivity contribution < 1.29 is 9.47 Å². The first-order chi connectivity index (χ1) is 9.62. The van der Waals surface area contributed by atoms with E-state index in [4.69, 9.17) is 15.3 Å². The molecule has 0 spiro atoms. The summed E-state index contributed by atoms with van der Waals surface area (Å²) in [5, 5.41) is 0. The molecule has 106 valence electrons. The summed E-state index contributed by atoms with van der Waals surface area (Å²) in [4.78, 5) is 14.0. The predicted molar refractivity (Wildman–Crippen MR) is 75.0 cm³/mol. The maximum atomic E-state index is 5.57. The maximum Gasteiger partial charge on any atom is 0.328 e. The van der Waals surface area contributed by atoms with E-state index in [1.165, 1.54) is 0 Å². The molecule has 2 rings (SSSR count). The Morgan fingerprint density at radius 2 is 1.70 bits per heavy atom. The number of hydrazine groups is 1. The second-order valence-corrected chi connectivity index (χ2v) is 4.06. The molecule has 2 aromatic rings. The molecular formula is C12H16N6O2. The number of nitrogens with one attached hydrogen (secondary N) is 1. The fourth-order valence-electron chi connectivity index (χ4n) is 1.41. The summed E-state index contributed by atoms with van der Waals surface area (Å²) < 4.78 is 10.6. The van der Waals surface area contributed by atoms with E-state index in [-0.39, 0.29) is 12.0 Å². The lowest BCUT2D eigenvalue weighted by molar-refractivity contribution is 0.410. The molecule has 0 fully saturated rings. The number of hydrogen-bond acceptors (Lipinski definition) is 8. The number of benzene rings is 1. The average Bonchev–Trinajstić information content (AvgIpc) is 2.47. The summed E-state index contributed by atoms with van der Waals surface area (Å²) in [6.07, 6.45) is 0. The van der Waals surface area contributed by atoms with Crippen LogP contribution >= 0.6 is 0 Å². The van der Waals surface area contributed by atoms with Gasteiger partial charge in [0.25, 0.3) is 0 Å². The highest BCUT2D eigenvalue weighted by atomic mass is 16.5. The molecule has 0 atom stereocenters. The number of aromatic nitrogens is 3. The van der Waals surface area contributed by atoms with Gasteiger partial charge in [-0.2, -0.15) is 15.0 Å². The highest BCUT2D eigenvalue weighted by Gasteiger charge is 2.09. The number of rotatable bonds is 5. The summed E-state index contributed by atoms with van der Waals surface area (Å²) in [5.74, 6) is 7.33. The highest BCUT2D eigenvalue weighted by Crippen LogP contribution is 2.22. The minimum Gasteiger partial charge on any atom is -0.497 e. The van der Waals surface area contributed by atoms with Gasteiger partial charge in [0.05, 0.1) is 7.11 Å². The first-order valence-corrected chi connectivity index (χ1v) is 5.84. The zero-order chi connectivity index (χ0) is 14.5. The molecule has 0 bridgehead atoms. The third-order valence-corrected chi connectivity index (χ3v) is 2.40. The normalized spacial score (nSPS) is 10.0. The van der Waals surface area contributed by atoms with Crippen LogP contribution < -0.4 is 25.6 Å². The molecule has 1 aromatic heterocycles. The van der Waals surface area contributed by atoms with Crippen molar-refractivity contribution in [3.8, 4) is 17.5 Å². The fraction of sp³-hybridized carbons (Fsp3) is 0.250. The smallest absolute Gasteiger partial charge is 0.328 e. The molecular weight excluding hydrogens is 260 g/mol. The number of nitrogens with zero attached hydrogens (tertiary/aromatic N) is 4. The zero-order valence-electron chi connectivity index (χ0n) is 11.5. The van der Waals surface area contributed by atoms with E-state index in [0.29, 0.717) is 11.7 Å². The molecule has 1 heterocycles. The largest absolute Gasteiger partial charge is 0.497 e. The molecule has 0 radical (unpaired) electrons. The first kappa shape index (κ1) is 13.8. The Balaban J connectivity index is 2.24. The molecule has 0 aliphatic rings. The molecule has 8 nitrogen and oxygen atoms in total. The first-order valence-electron chi connectivity index (χ1n) is 5.84. The lowest BCUT2D eigenvalue weighted by Gasteiger charge is -2.12. The number of nitrogens with two attached hydrogens (primary N) is 1. The minimum atomic E-state index is 0.154. The lowest BCUT2D eigenvalue weighted by Crippen LogP contribution is -2.17. The van der Waals surface area contributed by atoms with E-state index in [1.807, 2.05) is 14.1 Å². The number of hydrogen-bond donors (Lipinski definition) is 2. The topological polar surface area (TPSA) is 98.4 Å². The van der Waals surface area contributed by atoms with Crippen LogP contribution in [0.5, 0.6) is 17.5 Å². The second kappa shape index (κ2) is 6.02.